The van der Waals surface area contributed by atoms with Gasteiger partial charge >= 0.3 is 0 Å². The van der Waals surface area contributed by atoms with Gasteiger partial charge in [-0.05, 0) is 36.4 Å². The third-order valence-electron chi connectivity index (χ3n) is 3.85. The normalized spacial score (nSPS) is 10.7. The molecule has 0 radical (unpaired) electrons. The second-order valence-electron chi connectivity index (χ2n) is 5.62. The highest BCUT2D eigenvalue weighted by Crippen LogP contribution is 2.33. The number of halogens is 2. The van der Waals surface area contributed by atoms with Crippen LogP contribution in [-0.4, -0.2) is 22.8 Å². The molecular formula is C19H18Cl2N4S. The Bertz CT molecular complexity index is 901. The molecule has 0 bridgehead atoms. The quantitative estimate of drug-likeness (QED) is 0.537. The summed E-state index contributed by atoms with van der Waals surface area (Å²) in [4.78, 5) is 9.78. The summed E-state index contributed by atoms with van der Waals surface area (Å²) in [6.45, 7) is 0.734. The second-order valence-corrected chi connectivity index (χ2v) is 7.29. The summed E-state index contributed by atoms with van der Waals surface area (Å²) in [6.07, 6.45) is 2.95. The van der Waals surface area contributed by atoms with Crippen molar-refractivity contribution in [2.45, 2.75) is 11.3 Å². The summed E-state index contributed by atoms with van der Waals surface area (Å²) in [5.41, 5.74) is 8.48. The molecule has 0 fully saturated rings. The van der Waals surface area contributed by atoms with E-state index < -0.39 is 0 Å². The molecule has 134 valence electrons. The first-order chi connectivity index (χ1) is 12.6. The van der Waals surface area contributed by atoms with Gasteiger partial charge in [-0.2, -0.15) is 4.98 Å². The molecule has 1 heterocycles. The molecule has 3 aromatic rings. The fourth-order valence-corrected chi connectivity index (χ4v) is 3.33. The van der Waals surface area contributed by atoms with Crippen LogP contribution in [0, 0.1) is 0 Å². The molecule has 3 N–H and O–H groups in total. The van der Waals surface area contributed by atoms with Gasteiger partial charge in [-0.15, -0.1) is 11.8 Å². The van der Waals surface area contributed by atoms with E-state index in [9.17, 15) is 0 Å². The highest BCUT2D eigenvalue weighted by Gasteiger charge is 2.10. The molecule has 0 saturated carbocycles. The van der Waals surface area contributed by atoms with Crippen LogP contribution in [0.2, 0.25) is 10.0 Å². The molecule has 0 aliphatic carbocycles. The van der Waals surface area contributed by atoms with E-state index in [4.69, 9.17) is 28.9 Å². The summed E-state index contributed by atoms with van der Waals surface area (Å²) in [5.74, 6) is 0.842. The average molecular weight is 405 g/mol. The fraction of sp³-hybridized carbons (Fsp3) is 0.158. The first-order valence-electron chi connectivity index (χ1n) is 8.02. The van der Waals surface area contributed by atoms with E-state index in [1.165, 1.54) is 10.5 Å². The molecule has 26 heavy (non-hydrogen) atoms. The average Bonchev–Trinajstić information content (AvgIpc) is 2.64. The highest BCUT2D eigenvalue weighted by atomic mass is 35.5. The molecule has 0 spiro atoms. The standard InChI is InChI=1S/C19H18Cl2N4S/c1-26-13-7-5-12(6-8-13)9-10-23-17-11-16(24-19(22)25-17)14-3-2-4-15(20)18(14)21/h2-8,11H,9-10H2,1H3,(H3,22,23,24,25). The van der Waals surface area contributed by atoms with E-state index >= 15 is 0 Å². The lowest BCUT2D eigenvalue weighted by molar-refractivity contribution is 1.000. The molecule has 3 rings (SSSR count). The highest BCUT2D eigenvalue weighted by molar-refractivity contribution is 7.98. The van der Waals surface area contributed by atoms with Gasteiger partial charge < -0.3 is 11.1 Å². The monoisotopic (exact) mass is 404 g/mol. The van der Waals surface area contributed by atoms with Gasteiger partial charge in [-0.1, -0.05) is 47.5 Å². The third kappa shape index (κ3) is 4.61. The number of thioether (sulfide) groups is 1. The number of benzene rings is 2. The van der Waals surface area contributed by atoms with E-state index in [1.807, 2.05) is 18.2 Å². The van der Waals surface area contributed by atoms with Gasteiger partial charge in [-0.3, -0.25) is 0 Å². The van der Waals surface area contributed by atoms with E-state index in [0.29, 0.717) is 21.6 Å². The molecule has 4 nitrogen and oxygen atoms in total. The Morgan fingerprint density at radius 1 is 1.08 bits per heavy atom. The first kappa shape index (κ1) is 18.8. The number of nitrogens with one attached hydrogen (secondary N) is 1. The van der Waals surface area contributed by atoms with Crippen molar-refractivity contribution in [2.24, 2.45) is 0 Å². The van der Waals surface area contributed by atoms with Gasteiger partial charge in [0.2, 0.25) is 5.95 Å². The van der Waals surface area contributed by atoms with Crippen LogP contribution >= 0.6 is 35.0 Å². The predicted molar refractivity (Wildman–Crippen MR) is 112 cm³/mol. The lowest BCUT2D eigenvalue weighted by Gasteiger charge is -2.10. The number of hydrogen-bond acceptors (Lipinski definition) is 5. The van der Waals surface area contributed by atoms with Gasteiger partial charge in [0.15, 0.2) is 0 Å². The Kier molecular flexibility index (Phi) is 6.25. The maximum atomic E-state index is 6.29. The van der Waals surface area contributed by atoms with Crippen LogP contribution < -0.4 is 11.1 Å². The van der Waals surface area contributed by atoms with Crippen LogP contribution in [0.25, 0.3) is 11.3 Å². The largest absolute Gasteiger partial charge is 0.370 e. The Balaban J connectivity index is 1.72. The Morgan fingerprint density at radius 3 is 2.58 bits per heavy atom. The zero-order valence-corrected chi connectivity index (χ0v) is 16.5. The Labute approximate surface area is 167 Å². The molecule has 0 aliphatic rings. The van der Waals surface area contributed by atoms with Crippen LogP contribution in [0.15, 0.2) is 53.4 Å². The van der Waals surface area contributed by atoms with Crippen molar-refractivity contribution >= 4 is 46.7 Å². The molecule has 0 saturated heterocycles. The Hall–Kier alpha value is -1.95. The third-order valence-corrected chi connectivity index (χ3v) is 5.41. The van der Waals surface area contributed by atoms with E-state index in [-0.39, 0.29) is 5.95 Å². The minimum atomic E-state index is 0.186. The molecule has 0 aliphatic heterocycles. The van der Waals surface area contributed by atoms with Crippen LogP contribution in [0.1, 0.15) is 5.56 Å². The summed E-state index contributed by atoms with van der Waals surface area (Å²) in [6, 6.07) is 15.8. The summed E-state index contributed by atoms with van der Waals surface area (Å²) >= 11 is 14.1. The van der Waals surface area contributed by atoms with Crippen LogP contribution in [-0.2, 0) is 6.42 Å². The lowest BCUT2D eigenvalue weighted by atomic mass is 10.1. The van der Waals surface area contributed by atoms with Gasteiger partial charge in [0.1, 0.15) is 5.82 Å². The first-order valence-corrected chi connectivity index (χ1v) is 10.0. The summed E-state index contributed by atoms with van der Waals surface area (Å²) in [5, 5.41) is 4.22. The smallest absolute Gasteiger partial charge is 0.222 e. The van der Waals surface area contributed by atoms with Crippen molar-refractivity contribution in [3.05, 3.63) is 64.1 Å². The number of rotatable bonds is 6. The van der Waals surface area contributed by atoms with Crippen molar-refractivity contribution in [2.75, 3.05) is 23.9 Å². The molecule has 2 aromatic carbocycles. The van der Waals surface area contributed by atoms with Crippen LogP contribution in [0.4, 0.5) is 11.8 Å². The minimum absolute atomic E-state index is 0.186. The maximum absolute atomic E-state index is 6.29. The number of hydrogen-bond donors (Lipinski definition) is 2. The lowest BCUT2D eigenvalue weighted by Crippen LogP contribution is -2.08. The molecule has 0 unspecified atom stereocenters. The summed E-state index contributed by atoms with van der Waals surface area (Å²) < 4.78 is 0. The Morgan fingerprint density at radius 2 is 1.85 bits per heavy atom. The number of nitrogens with two attached hydrogens (primary N) is 1. The van der Waals surface area contributed by atoms with Gasteiger partial charge in [0.05, 0.1) is 15.7 Å². The van der Waals surface area contributed by atoms with Crippen molar-refractivity contribution in [3.8, 4) is 11.3 Å². The maximum Gasteiger partial charge on any atom is 0.222 e. The van der Waals surface area contributed by atoms with E-state index in [0.717, 1.165) is 18.5 Å². The number of nitrogen functional groups attached to an aromatic ring is 1. The van der Waals surface area contributed by atoms with E-state index in [1.54, 1.807) is 17.8 Å². The predicted octanol–water partition coefficient (Wildman–Crippen LogP) is 5.41. The minimum Gasteiger partial charge on any atom is -0.370 e. The summed E-state index contributed by atoms with van der Waals surface area (Å²) in [7, 11) is 0. The van der Waals surface area contributed by atoms with Crippen LogP contribution in [0.3, 0.4) is 0 Å². The number of aromatic nitrogens is 2. The van der Waals surface area contributed by atoms with Crippen molar-refractivity contribution in [1.82, 2.24) is 9.97 Å². The second kappa shape index (κ2) is 8.62. The van der Waals surface area contributed by atoms with Crippen molar-refractivity contribution in [1.29, 1.82) is 0 Å². The van der Waals surface area contributed by atoms with Gasteiger partial charge in [0.25, 0.3) is 0 Å². The topological polar surface area (TPSA) is 63.8 Å². The number of anilines is 2. The fourth-order valence-electron chi connectivity index (χ4n) is 2.52. The molecule has 0 amide bonds. The number of nitrogens with zero attached hydrogens (tertiary/aromatic N) is 2. The van der Waals surface area contributed by atoms with Gasteiger partial charge in [-0.25, -0.2) is 4.98 Å². The molecule has 1 aromatic heterocycles. The zero-order chi connectivity index (χ0) is 18.5. The van der Waals surface area contributed by atoms with Crippen LogP contribution in [0.5, 0.6) is 0 Å². The molecule has 0 atom stereocenters. The molecular weight excluding hydrogens is 387 g/mol. The van der Waals surface area contributed by atoms with Gasteiger partial charge in [0, 0.05) is 23.1 Å². The SMILES string of the molecule is CSc1ccc(CCNc2cc(-c3cccc(Cl)c3Cl)nc(N)n2)cc1. The van der Waals surface area contributed by atoms with E-state index in [2.05, 4.69) is 45.8 Å². The molecule has 7 heteroatoms. The zero-order valence-electron chi connectivity index (χ0n) is 14.2. The van der Waals surface area contributed by atoms with Crippen molar-refractivity contribution < 1.29 is 0 Å². The van der Waals surface area contributed by atoms with Crippen molar-refractivity contribution in [3.63, 3.8) is 0 Å².